The van der Waals surface area contributed by atoms with Crippen LogP contribution in [0.1, 0.15) is 38.2 Å². The minimum atomic E-state index is -0.632. The number of aromatic nitrogens is 2. The highest BCUT2D eigenvalue weighted by atomic mass is 16.6. The minimum absolute atomic E-state index is 0.187. The van der Waals surface area contributed by atoms with Crippen molar-refractivity contribution in [2.24, 2.45) is 0 Å². The normalized spacial score (nSPS) is 10.8. The second-order valence-electron chi connectivity index (χ2n) is 4.47. The van der Waals surface area contributed by atoms with Crippen LogP contribution in [0.25, 0.3) is 0 Å². The van der Waals surface area contributed by atoms with E-state index in [4.69, 9.17) is 4.74 Å². The maximum atomic E-state index is 11.4. The van der Waals surface area contributed by atoms with Gasteiger partial charge in [-0.1, -0.05) is 0 Å². The third kappa shape index (κ3) is 4.58. The summed E-state index contributed by atoms with van der Waals surface area (Å²) in [5.41, 5.74) is -0.394. The Bertz CT molecular complexity index is 438. The standard InChI is InChI=1S/C11H15N3O3/c1-7(15)8-5-12-6-9(13-8)14-10(16)17-11(2,3)4/h5-6H,1-4H3,(H,13,14,16). The smallest absolute Gasteiger partial charge is 0.413 e. The topological polar surface area (TPSA) is 81.2 Å². The number of ketones is 1. The Labute approximate surface area is 99.4 Å². The highest BCUT2D eigenvalue weighted by Crippen LogP contribution is 2.09. The van der Waals surface area contributed by atoms with Crippen LogP contribution in [-0.4, -0.2) is 27.4 Å². The molecule has 0 radical (unpaired) electrons. The van der Waals surface area contributed by atoms with Crippen LogP contribution >= 0.6 is 0 Å². The minimum Gasteiger partial charge on any atom is -0.444 e. The summed E-state index contributed by atoms with van der Waals surface area (Å²) >= 11 is 0. The van der Waals surface area contributed by atoms with Crippen LogP contribution in [0.4, 0.5) is 10.6 Å². The van der Waals surface area contributed by atoms with E-state index in [0.29, 0.717) is 0 Å². The van der Waals surface area contributed by atoms with Crippen LogP contribution in [0.15, 0.2) is 12.4 Å². The molecule has 6 heteroatoms. The van der Waals surface area contributed by atoms with E-state index >= 15 is 0 Å². The molecule has 1 N–H and O–H groups in total. The Morgan fingerprint density at radius 2 is 1.94 bits per heavy atom. The number of nitrogens with one attached hydrogen (secondary N) is 1. The average Bonchev–Trinajstić information content (AvgIpc) is 2.14. The number of nitrogens with zero attached hydrogens (tertiary/aromatic N) is 2. The van der Waals surface area contributed by atoms with Crippen molar-refractivity contribution in [3.8, 4) is 0 Å². The van der Waals surface area contributed by atoms with E-state index in [9.17, 15) is 9.59 Å². The number of anilines is 1. The second-order valence-corrected chi connectivity index (χ2v) is 4.47. The molecule has 0 unspecified atom stereocenters. The third-order valence-corrected chi connectivity index (χ3v) is 1.62. The van der Waals surface area contributed by atoms with Crippen molar-refractivity contribution >= 4 is 17.7 Å². The van der Waals surface area contributed by atoms with Crippen molar-refractivity contribution in [1.82, 2.24) is 9.97 Å². The molecule has 0 aromatic carbocycles. The van der Waals surface area contributed by atoms with E-state index in [1.54, 1.807) is 20.8 Å². The van der Waals surface area contributed by atoms with Gasteiger partial charge < -0.3 is 4.74 Å². The van der Waals surface area contributed by atoms with E-state index in [1.807, 2.05) is 0 Å². The van der Waals surface area contributed by atoms with Gasteiger partial charge in [0.2, 0.25) is 0 Å². The highest BCUT2D eigenvalue weighted by Gasteiger charge is 2.16. The Kier molecular flexibility index (Phi) is 3.77. The first-order chi connectivity index (χ1) is 7.78. The maximum Gasteiger partial charge on any atom is 0.413 e. The van der Waals surface area contributed by atoms with Crippen molar-refractivity contribution in [2.45, 2.75) is 33.3 Å². The summed E-state index contributed by atoms with van der Waals surface area (Å²) in [4.78, 5) is 30.2. The largest absolute Gasteiger partial charge is 0.444 e. The first-order valence-corrected chi connectivity index (χ1v) is 5.11. The van der Waals surface area contributed by atoms with Gasteiger partial charge in [-0.15, -0.1) is 0 Å². The predicted octanol–water partition coefficient (Wildman–Crippen LogP) is 2.03. The summed E-state index contributed by atoms with van der Waals surface area (Å²) in [5, 5.41) is 2.41. The fraction of sp³-hybridized carbons (Fsp3) is 0.455. The number of carbonyl (C=O) groups is 2. The van der Waals surface area contributed by atoms with Gasteiger partial charge in [-0.2, -0.15) is 0 Å². The lowest BCUT2D eigenvalue weighted by molar-refractivity contribution is 0.0634. The molecular formula is C11H15N3O3. The average molecular weight is 237 g/mol. The van der Waals surface area contributed by atoms with Gasteiger partial charge in [0, 0.05) is 6.92 Å². The molecule has 1 amide bonds. The molecule has 1 aromatic rings. The molecule has 0 saturated heterocycles. The summed E-state index contributed by atoms with van der Waals surface area (Å²) in [6.45, 7) is 6.64. The molecule has 0 saturated carbocycles. The predicted molar refractivity (Wildman–Crippen MR) is 61.9 cm³/mol. The number of ether oxygens (including phenoxy) is 1. The van der Waals surface area contributed by atoms with Crippen LogP contribution in [-0.2, 0) is 4.74 Å². The number of Topliss-reactive ketones (excluding diaryl/α,β-unsaturated/α-hetero) is 1. The lowest BCUT2D eigenvalue weighted by Crippen LogP contribution is -2.27. The van der Waals surface area contributed by atoms with Crippen molar-refractivity contribution in [3.05, 3.63) is 18.1 Å². The summed E-state index contributed by atoms with van der Waals surface area (Å²) in [7, 11) is 0. The first-order valence-electron chi connectivity index (χ1n) is 5.11. The molecule has 1 aromatic heterocycles. The van der Waals surface area contributed by atoms with E-state index in [1.165, 1.54) is 19.3 Å². The maximum absolute atomic E-state index is 11.4. The molecule has 0 aliphatic rings. The Morgan fingerprint density at radius 1 is 1.29 bits per heavy atom. The molecule has 0 spiro atoms. The van der Waals surface area contributed by atoms with E-state index < -0.39 is 11.7 Å². The van der Waals surface area contributed by atoms with Crippen molar-refractivity contribution in [2.75, 3.05) is 5.32 Å². The van der Waals surface area contributed by atoms with E-state index in [-0.39, 0.29) is 17.3 Å². The summed E-state index contributed by atoms with van der Waals surface area (Å²) in [6.07, 6.45) is 2.05. The molecule has 0 atom stereocenters. The van der Waals surface area contributed by atoms with Crippen LogP contribution in [0.3, 0.4) is 0 Å². The molecule has 0 bridgehead atoms. The molecule has 1 rings (SSSR count). The van der Waals surface area contributed by atoms with Gasteiger partial charge >= 0.3 is 6.09 Å². The lowest BCUT2D eigenvalue weighted by atomic mass is 10.2. The molecule has 6 nitrogen and oxygen atoms in total. The molecule has 92 valence electrons. The van der Waals surface area contributed by atoms with Crippen molar-refractivity contribution < 1.29 is 14.3 Å². The van der Waals surface area contributed by atoms with Crippen LogP contribution in [0, 0.1) is 0 Å². The van der Waals surface area contributed by atoms with Crippen LogP contribution in [0.5, 0.6) is 0 Å². The quantitative estimate of drug-likeness (QED) is 0.796. The van der Waals surface area contributed by atoms with Gasteiger partial charge in [0.15, 0.2) is 11.6 Å². The summed E-state index contributed by atoms with van der Waals surface area (Å²) in [5.74, 6) is -0.0303. The van der Waals surface area contributed by atoms with Gasteiger partial charge in [-0.25, -0.2) is 9.78 Å². The zero-order valence-corrected chi connectivity index (χ0v) is 10.3. The zero-order chi connectivity index (χ0) is 13.1. The van der Waals surface area contributed by atoms with Gasteiger partial charge in [-0.05, 0) is 20.8 Å². The Hall–Kier alpha value is -1.98. The number of rotatable bonds is 2. The first kappa shape index (κ1) is 13.1. The number of carbonyl (C=O) groups excluding carboxylic acids is 2. The van der Waals surface area contributed by atoms with Gasteiger partial charge in [0.05, 0.1) is 12.4 Å². The van der Waals surface area contributed by atoms with Gasteiger partial charge in [0.1, 0.15) is 11.3 Å². The van der Waals surface area contributed by atoms with Gasteiger partial charge in [-0.3, -0.25) is 15.1 Å². The van der Waals surface area contributed by atoms with Crippen molar-refractivity contribution in [3.63, 3.8) is 0 Å². The van der Waals surface area contributed by atoms with Crippen molar-refractivity contribution in [1.29, 1.82) is 0 Å². The van der Waals surface area contributed by atoms with Gasteiger partial charge in [0.25, 0.3) is 0 Å². The second kappa shape index (κ2) is 4.90. The molecule has 0 fully saturated rings. The van der Waals surface area contributed by atoms with Crippen LogP contribution in [0.2, 0.25) is 0 Å². The summed E-state index contributed by atoms with van der Waals surface area (Å²) in [6, 6.07) is 0. The van der Waals surface area contributed by atoms with E-state index in [0.717, 1.165) is 0 Å². The molecule has 0 aliphatic carbocycles. The number of hydrogen-bond acceptors (Lipinski definition) is 5. The molecular weight excluding hydrogens is 222 g/mol. The van der Waals surface area contributed by atoms with Crippen LogP contribution < -0.4 is 5.32 Å². The molecule has 1 heterocycles. The highest BCUT2D eigenvalue weighted by molar-refractivity contribution is 5.92. The zero-order valence-electron chi connectivity index (χ0n) is 10.3. The molecule has 17 heavy (non-hydrogen) atoms. The summed E-state index contributed by atoms with van der Waals surface area (Å²) < 4.78 is 5.04. The SMILES string of the molecule is CC(=O)c1cncc(NC(=O)OC(C)(C)C)n1. The lowest BCUT2D eigenvalue weighted by Gasteiger charge is -2.19. The van der Waals surface area contributed by atoms with E-state index in [2.05, 4.69) is 15.3 Å². The molecule has 0 aliphatic heterocycles. The Balaban J connectivity index is 2.72. The fourth-order valence-electron chi connectivity index (χ4n) is 1.00. The monoisotopic (exact) mass is 237 g/mol. The number of amides is 1. The number of hydrogen-bond donors (Lipinski definition) is 1. The fourth-order valence-corrected chi connectivity index (χ4v) is 1.00. The third-order valence-electron chi connectivity index (χ3n) is 1.62. The Morgan fingerprint density at radius 3 is 2.47 bits per heavy atom.